The summed E-state index contributed by atoms with van der Waals surface area (Å²) in [5.41, 5.74) is 5.57. The first-order valence-corrected chi connectivity index (χ1v) is 4.93. The smallest absolute Gasteiger partial charge is 0.237 e. The number of hydrogen-bond acceptors (Lipinski definition) is 5. The van der Waals surface area contributed by atoms with Gasteiger partial charge in [0, 0.05) is 20.3 Å². The van der Waals surface area contributed by atoms with E-state index >= 15 is 0 Å². The Balaban J connectivity index is 3.60. The van der Waals surface area contributed by atoms with Gasteiger partial charge in [-0.25, -0.2) is 0 Å². The summed E-state index contributed by atoms with van der Waals surface area (Å²) in [5.74, 6) is -0.321. The van der Waals surface area contributed by atoms with Gasteiger partial charge in [0.15, 0.2) is 0 Å². The van der Waals surface area contributed by atoms with Crippen molar-refractivity contribution in [1.29, 1.82) is 0 Å². The van der Waals surface area contributed by atoms with Crippen molar-refractivity contribution in [2.24, 2.45) is 5.73 Å². The van der Waals surface area contributed by atoms with Crippen molar-refractivity contribution in [3.63, 3.8) is 0 Å². The molecule has 5 N–H and O–H groups in total. The first-order valence-electron chi connectivity index (χ1n) is 4.93. The van der Waals surface area contributed by atoms with Crippen molar-refractivity contribution in [3.8, 4) is 0 Å². The number of aliphatic hydroxyl groups is 2. The van der Waals surface area contributed by atoms with E-state index in [1.54, 1.807) is 7.11 Å². The van der Waals surface area contributed by atoms with Crippen LogP contribution in [0.1, 0.15) is 12.8 Å². The molecule has 0 saturated heterocycles. The van der Waals surface area contributed by atoms with Gasteiger partial charge >= 0.3 is 0 Å². The summed E-state index contributed by atoms with van der Waals surface area (Å²) in [5, 5.41) is 19.9. The van der Waals surface area contributed by atoms with E-state index in [0.29, 0.717) is 19.4 Å². The number of nitrogens with one attached hydrogen (secondary N) is 1. The predicted molar refractivity (Wildman–Crippen MR) is 55.2 cm³/mol. The van der Waals surface area contributed by atoms with Crippen LogP contribution in [-0.2, 0) is 9.53 Å². The van der Waals surface area contributed by atoms with E-state index in [2.05, 4.69) is 5.32 Å². The van der Waals surface area contributed by atoms with E-state index in [1.165, 1.54) is 0 Å². The minimum atomic E-state index is -0.930. The fourth-order valence-electron chi connectivity index (χ4n) is 0.993. The number of carbonyl (C=O) groups is 1. The number of carbonyl (C=O) groups excluding carboxylic acids is 1. The molecule has 15 heavy (non-hydrogen) atoms. The third kappa shape index (κ3) is 7.26. The van der Waals surface area contributed by atoms with Crippen molar-refractivity contribution >= 4 is 5.91 Å². The lowest BCUT2D eigenvalue weighted by Gasteiger charge is -2.13. The lowest BCUT2D eigenvalue weighted by molar-refractivity contribution is -0.123. The quantitative estimate of drug-likeness (QED) is 0.362. The molecule has 0 aliphatic rings. The second kappa shape index (κ2) is 8.60. The minimum Gasteiger partial charge on any atom is -0.394 e. The minimum absolute atomic E-state index is 0.0211. The van der Waals surface area contributed by atoms with Gasteiger partial charge in [-0.2, -0.15) is 0 Å². The molecule has 0 heterocycles. The molecule has 0 aliphatic carbocycles. The molecule has 6 nitrogen and oxygen atoms in total. The molecular weight excluding hydrogens is 200 g/mol. The van der Waals surface area contributed by atoms with Crippen molar-refractivity contribution in [2.45, 2.75) is 25.0 Å². The highest BCUT2D eigenvalue weighted by molar-refractivity contribution is 5.81. The van der Waals surface area contributed by atoms with Crippen molar-refractivity contribution in [3.05, 3.63) is 0 Å². The summed E-state index contributed by atoms with van der Waals surface area (Å²) in [7, 11) is 1.59. The molecule has 0 bridgehead atoms. The van der Waals surface area contributed by atoms with Gasteiger partial charge in [0.25, 0.3) is 0 Å². The van der Waals surface area contributed by atoms with Gasteiger partial charge in [0.2, 0.25) is 5.91 Å². The maximum absolute atomic E-state index is 11.3. The lowest BCUT2D eigenvalue weighted by Crippen LogP contribution is -2.44. The number of ether oxygens (including phenoxy) is 1. The molecule has 0 fully saturated rings. The Morgan fingerprint density at radius 1 is 1.60 bits per heavy atom. The van der Waals surface area contributed by atoms with E-state index in [4.69, 9.17) is 20.7 Å². The van der Waals surface area contributed by atoms with Crippen LogP contribution in [0.3, 0.4) is 0 Å². The Bertz CT molecular complexity index is 177. The zero-order valence-corrected chi connectivity index (χ0v) is 8.98. The topological polar surface area (TPSA) is 105 Å². The molecule has 0 radical (unpaired) electrons. The van der Waals surface area contributed by atoms with Crippen LogP contribution in [0.4, 0.5) is 0 Å². The van der Waals surface area contributed by atoms with E-state index < -0.39 is 12.1 Å². The molecule has 0 aromatic carbocycles. The summed E-state index contributed by atoms with van der Waals surface area (Å²) in [6.45, 7) is 0.215. The highest BCUT2D eigenvalue weighted by Gasteiger charge is 2.13. The highest BCUT2D eigenvalue weighted by Crippen LogP contribution is 1.94. The normalized spacial score (nSPS) is 14.7. The van der Waals surface area contributed by atoms with Crippen LogP contribution in [0.5, 0.6) is 0 Å². The van der Waals surface area contributed by atoms with E-state index in [9.17, 15) is 4.79 Å². The maximum atomic E-state index is 11.3. The average Bonchev–Trinajstić information content (AvgIpc) is 2.25. The standard InChI is InChI=1S/C9H20N2O4/c1-15-4-2-3-8(10)9(14)11-5-7(13)6-12/h7-8,12-13H,2-6,10H2,1H3,(H,11,14). The third-order valence-electron chi connectivity index (χ3n) is 1.92. The van der Waals surface area contributed by atoms with Gasteiger partial charge in [-0.05, 0) is 12.8 Å². The Hall–Kier alpha value is -0.690. The van der Waals surface area contributed by atoms with Gasteiger partial charge in [0.1, 0.15) is 0 Å². The zero-order valence-electron chi connectivity index (χ0n) is 8.98. The van der Waals surface area contributed by atoms with Crippen LogP contribution in [0.2, 0.25) is 0 Å². The number of aliphatic hydroxyl groups excluding tert-OH is 2. The SMILES string of the molecule is COCCCC(N)C(=O)NCC(O)CO. The number of amides is 1. The summed E-state index contributed by atoms with van der Waals surface area (Å²) < 4.78 is 4.83. The molecule has 2 unspecified atom stereocenters. The van der Waals surface area contributed by atoms with Crippen molar-refractivity contribution in [1.82, 2.24) is 5.32 Å². The first kappa shape index (κ1) is 14.3. The van der Waals surface area contributed by atoms with Crippen LogP contribution in [0.25, 0.3) is 0 Å². The molecule has 0 aliphatic heterocycles. The fraction of sp³-hybridized carbons (Fsp3) is 0.889. The van der Waals surface area contributed by atoms with Crippen LogP contribution < -0.4 is 11.1 Å². The first-order chi connectivity index (χ1) is 7.11. The van der Waals surface area contributed by atoms with Gasteiger partial charge in [-0.3, -0.25) is 4.79 Å². The zero-order chi connectivity index (χ0) is 11.7. The van der Waals surface area contributed by atoms with Crippen LogP contribution in [0.15, 0.2) is 0 Å². The summed E-state index contributed by atoms with van der Waals surface area (Å²) in [6, 6.07) is -0.592. The molecule has 90 valence electrons. The molecule has 2 atom stereocenters. The number of methoxy groups -OCH3 is 1. The van der Waals surface area contributed by atoms with Crippen LogP contribution in [0, 0.1) is 0 Å². The molecule has 0 aromatic heterocycles. The summed E-state index contributed by atoms with van der Waals surface area (Å²) in [4.78, 5) is 11.3. The highest BCUT2D eigenvalue weighted by atomic mass is 16.5. The molecule has 0 rings (SSSR count). The van der Waals surface area contributed by atoms with Crippen molar-refractivity contribution < 1.29 is 19.7 Å². The fourth-order valence-corrected chi connectivity index (χ4v) is 0.993. The van der Waals surface area contributed by atoms with E-state index in [0.717, 1.165) is 0 Å². The van der Waals surface area contributed by atoms with Gasteiger partial charge in [-0.15, -0.1) is 0 Å². The molecule has 0 saturated carbocycles. The average molecular weight is 220 g/mol. The van der Waals surface area contributed by atoms with Gasteiger partial charge in [-0.1, -0.05) is 0 Å². The maximum Gasteiger partial charge on any atom is 0.237 e. The molecule has 0 aromatic rings. The molecular formula is C9H20N2O4. The Morgan fingerprint density at radius 2 is 2.27 bits per heavy atom. The summed E-state index contributed by atoms with van der Waals surface area (Å²) in [6.07, 6.45) is 0.322. The second-order valence-electron chi connectivity index (χ2n) is 3.32. The number of hydrogen-bond donors (Lipinski definition) is 4. The molecule has 0 spiro atoms. The van der Waals surface area contributed by atoms with E-state index in [-0.39, 0.29) is 19.1 Å². The number of nitrogens with two attached hydrogens (primary N) is 1. The molecule has 1 amide bonds. The van der Waals surface area contributed by atoms with Crippen LogP contribution >= 0.6 is 0 Å². The summed E-state index contributed by atoms with van der Waals surface area (Å²) >= 11 is 0. The molecule has 6 heteroatoms. The lowest BCUT2D eigenvalue weighted by atomic mass is 10.1. The number of rotatable bonds is 8. The van der Waals surface area contributed by atoms with Crippen LogP contribution in [-0.4, -0.2) is 55.1 Å². The largest absolute Gasteiger partial charge is 0.394 e. The Labute approximate surface area is 89.4 Å². The van der Waals surface area contributed by atoms with Gasteiger partial charge < -0.3 is 26.0 Å². The monoisotopic (exact) mass is 220 g/mol. The van der Waals surface area contributed by atoms with Crippen molar-refractivity contribution in [2.75, 3.05) is 26.9 Å². The van der Waals surface area contributed by atoms with Gasteiger partial charge in [0.05, 0.1) is 18.8 Å². The second-order valence-corrected chi connectivity index (χ2v) is 3.32. The third-order valence-corrected chi connectivity index (χ3v) is 1.92. The Kier molecular flexibility index (Phi) is 8.21. The predicted octanol–water partition coefficient (Wildman–Crippen LogP) is -1.79. The Morgan fingerprint density at radius 3 is 2.80 bits per heavy atom. The van der Waals surface area contributed by atoms with E-state index in [1.807, 2.05) is 0 Å².